The first-order valence-corrected chi connectivity index (χ1v) is 6.85. The van der Waals surface area contributed by atoms with Gasteiger partial charge >= 0.3 is 0 Å². The second kappa shape index (κ2) is 5.20. The molecule has 1 heterocycles. The lowest BCUT2D eigenvalue weighted by molar-refractivity contribution is 0.215. The molecular weight excluding hydrogens is 268 g/mol. The van der Waals surface area contributed by atoms with Crippen molar-refractivity contribution in [3.63, 3.8) is 0 Å². The molecule has 0 radical (unpaired) electrons. The Kier molecular flexibility index (Phi) is 3.37. The molecule has 0 unspecified atom stereocenters. The Hall–Kier alpha value is -2.36. The molecular formula is C17H18O4. The highest BCUT2D eigenvalue weighted by Gasteiger charge is 2.33. The Morgan fingerprint density at radius 3 is 2.38 bits per heavy atom. The van der Waals surface area contributed by atoms with Crippen molar-refractivity contribution in [3.05, 3.63) is 47.5 Å². The van der Waals surface area contributed by atoms with Gasteiger partial charge in [-0.25, -0.2) is 0 Å². The summed E-state index contributed by atoms with van der Waals surface area (Å²) in [6, 6.07) is 11.3. The summed E-state index contributed by atoms with van der Waals surface area (Å²) in [6.45, 7) is 2.09. The lowest BCUT2D eigenvalue weighted by Crippen LogP contribution is -2.06. The maximum Gasteiger partial charge on any atom is 0.164 e. The van der Waals surface area contributed by atoms with Crippen molar-refractivity contribution in [2.75, 3.05) is 14.2 Å². The summed E-state index contributed by atoms with van der Waals surface area (Å²) < 4.78 is 16.4. The van der Waals surface area contributed by atoms with E-state index < -0.39 is 0 Å². The van der Waals surface area contributed by atoms with Crippen molar-refractivity contribution in [2.24, 2.45) is 0 Å². The van der Waals surface area contributed by atoms with E-state index in [0.717, 1.165) is 22.6 Å². The minimum absolute atomic E-state index is 0.0718. The van der Waals surface area contributed by atoms with Gasteiger partial charge in [-0.15, -0.1) is 0 Å². The van der Waals surface area contributed by atoms with Gasteiger partial charge in [0, 0.05) is 17.5 Å². The molecule has 1 aliphatic heterocycles. The molecule has 0 spiro atoms. The van der Waals surface area contributed by atoms with Crippen molar-refractivity contribution >= 4 is 0 Å². The van der Waals surface area contributed by atoms with Gasteiger partial charge in [0.05, 0.1) is 14.2 Å². The molecule has 0 aromatic heterocycles. The molecule has 0 bridgehead atoms. The molecule has 4 nitrogen and oxygen atoms in total. The maximum absolute atomic E-state index is 9.92. The third-order valence-electron chi connectivity index (χ3n) is 3.95. The van der Waals surface area contributed by atoms with Crippen LogP contribution >= 0.6 is 0 Å². The molecule has 0 fully saturated rings. The zero-order valence-electron chi connectivity index (χ0n) is 12.3. The van der Waals surface area contributed by atoms with Crippen LogP contribution in [0.5, 0.6) is 23.0 Å². The van der Waals surface area contributed by atoms with Crippen LogP contribution in [0.1, 0.15) is 30.1 Å². The van der Waals surface area contributed by atoms with Gasteiger partial charge in [-0.05, 0) is 23.8 Å². The lowest BCUT2D eigenvalue weighted by atomic mass is 9.92. The van der Waals surface area contributed by atoms with Gasteiger partial charge in [-0.2, -0.15) is 0 Å². The zero-order chi connectivity index (χ0) is 15.0. The van der Waals surface area contributed by atoms with Crippen molar-refractivity contribution in [2.45, 2.75) is 18.9 Å². The number of hydrogen-bond acceptors (Lipinski definition) is 4. The van der Waals surface area contributed by atoms with E-state index in [1.54, 1.807) is 19.2 Å². The first-order valence-electron chi connectivity index (χ1n) is 6.85. The number of methoxy groups -OCH3 is 2. The summed E-state index contributed by atoms with van der Waals surface area (Å²) >= 11 is 0. The number of fused-ring (bicyclic) bond motifs is 1. The van der Waals surface area contributed by atoms with Gasteiger partial charge in [-0.1, -0.05) is 19.1 Å². The van der Waals surface area contributed by atoms with Crippen LogP contribution in [0.3, 0.4) is 0 Å². The van der Waals surface area contributed by atoms with Gasteiger partial charge < -0.3 is 19.3 Å². The number of aromatic hydroxyl groups is 1. The van der Waals surface area contributed by atoms with Crippen LogP contribution in [0.15, 0.2) is 36.4 Å². The summed E-state index contributed by atoms with van der Waals surface area (Å²) in [7, 11) is 3.18. The molecule has 3 rings (SSSR count). The van der Waals surface area contributed by atoms with Crippen LogP contribution in [-0.2, 0) is 0 Å². The number of hydrogen-bond donors (Lipinski definition) is 1. The van der Waals surface area contributed by atoms with E-state index in [1.165, 1.54) is 7.11 Å². The topological polar surface area (TPSA) is 47.9 Å². The highest BCUT2D eigenvalue weighted by molar-refractivity contribution is 5.54. The quantitative estimate of drug-likeness (QED) is 0.935. The highest BCUT2D eigenvalue weighted by atomic mass is 16.5. The van der Waals surface area contributed by atoms with E-state index in [2.05, 4.69) is 6.92 Å². The predicted molar refractivity (Wildman–Crippen MR) is 79.4 cm³/mol. The zero-order valence-corrected chi connectivity index (χ0v) is 12.3. The van der Waals surface area contributed by atoms with Gasteiger partial charge in [0.2, 0.25) is 0 Å². The molecule has 2 atom stereocenters. The summed E-state index contributed by atoms with van der Waals surface area (Å²) in [4.78, 5) is 0. The average molecular weight is 286 g/mol. The summed E-state index contributed by atoms with van der Waals surface area (Å²) in [5.74, 6) is 2.31. The molecule has 2 aromatic carbocycles. The fourth-order valence-electron chi connectivity index (χ4n) is 2.74. The Labute approximate surface area is 123 Å². The number of rotatable bonds is 3. The molecule has 0 saturated carbocycles. The molecule has 21 heavy (non-hydrogen) atoms. The molecule has 2 aromatic rings. The van der Waals surface area contributed by atoms with E-state index >= 15 is 0 Å². The number of ether oxygens (including phenoxy) is 3. The minimum Gasteiger partial charge on any atom is -0.504 e. The van der Waals surface area contributed by atoms with E-state index in [1.807, 2.05) is 24.3 Å². The van der Waals surface area contributed by atoms with Crippen LogP contribution in [0, 0.1) is 0 Å². The average Bonchev–Trinajstić information content (AvgIpc) is 2.83. The second-order valence-corrected chi connectivity index (χ2v) is 5.16. The fourth-order valence-corrected chi connectivity index (χ4v) is 2.74. The third kappa shape index (κ3) is 2.27. The molecule has 0 saturated heterocycles. The highest BCUT2D eigenvalue weighted by Crippen LogP contribution is 2.49. The SMILES string of the molecule is COc1ccc([C@H]2Oc3cc(OC)c(O)cc3[C@@H]2C)cc1. The van der Waals surface area contributed by atoms with Crippen molar-refractivity contribution < 1.29 is 19.3 Å². The summed E-state index contributed by atoms with van der Waals surface area (Å²) in [6.07, 6.45) is -0.0718. The largest absolute Gasteiger partial charge is 0.504 e. The molecule has 110 valence electrons. The van der Waals surface area contributed by atoms with Crippen LogP contribution in [0.4, 0.5) is 0 Å². The molecule has 1 aliphatic rings. The van der Waals surface area contributed by atoms with E-state index in [-0.39, 0.29) is 17.8 Å². The van der Waals surface area contributed by atoms with E-state index in [0.29, 0.717) is 5.75 Å². The first kappa shape index (κ1) is 13.6. The first-order chi connectivity index (χ1) is 10.1. The standard InChI is InChI=1S/C17H18O4/c1-10-13-8-14(18)16(20-3)9-15(13)21-17(10)11-4-6-12(19-2)7-5-11/h4-10,17-18H,1-3H3/t10-,17-/m0/s1. The van der Waals surface area contributed by atoms with Gasteiger partial charge in [-0.3, -0.25) is 0 Å². The maximum atomic E-state index is 9.92. The Morgan fingerprint density at radius 2 is 1.76 bits per heavy atom. The Bertz CT molecular complexity index is 649. The molecule has 0 aliphatic carbocycles. The van der Waals surface area contributed by atoms with Gasteiger partial charge in [0.25, 0.3) is 0 Å². The van der Waals surface area contributed by atoms with Gasteiger partial charge in [0.1, 0.15) is 17.6 Å². The summed E-state index contributed by atoms with van der Waals surface area (Å²) in [5.41, 5.74) is 2.08. The third-order valence-corrected chi connectivity index (χ3v) is 3.95. The Morgan fingerprint density at radius 1 is 1.05 bits per heavy atom. The Balaban J connectivity index is 1.93. The molecule has 1 N–H and O–H groups in total. The van der Waals surface area contributed by atoms with E-state index in [4.69, 9.17) is 14.2 Å². The van der Waals surface area contributed by atoms with Crippen LogP contribution in [-0.4, -0.2) is 19.3 Å². The predicted octanol–water partition coefficient (Wildman–Crippen LogP) is 3.65. The second-order valence-electron chi connectivity index (χ2n) is 5.16. The number of phenolic OH excluding ortho intramolecular Hbond substituents is 1. The van der Waals surface area contributed by atoms with Crippen LogP contribution < -0.4 is 14.2 Å². The monoisotopic (exact) mass is 286 g/mol. The number of phenols is 1. The fraction of sp³-hybridized carbons (Fsp3) is 0.294. The van der Waals surface area contributed by atoms with Crippen LogP contribution in [0.25, 0.3) is 0 Å². The molecule has 0 amide bonds. The van der Waals surface area contributed by atoms with Gasteiger partial charge in [0.15, 0.2) is 11.5 Å². The van der Waals surface area contributed by atoms with Crippen molar-refractivity contribution in [1.82, 2.24) is 0 Å². The number of benzene rings is 2. The molecule has 4 heteroatoms. The van der Waals surface area contributed by atoms with Crippen molar-refractivity contribution in [3.8, 4) is 23.0 Å². The lowest BCUT2D eigenvalue weighted by Gasteiger charge is -2.16. The van der Waals surface area contributed by atoms with Crippen LogP contribution in [0.2, 0.25) is 0 Å². The normalized spacial score (nSPS) is 19.8. The smallest absolute Gasteiger partial charge is 0.164 e. The summed E-state index contributed by atoms with van der Waals surface area (Å²) in [5, 5.41) is 9.92. The van der Waals surface area contributed by atoms with E-state index in [9.17, 15) is 5.11 Å². The minimum atomic E-state index is -0.0718. The van der Waals surface area contributed by atoms with Crippen molar-refractivity contribution in [1.29, 1.82) is 0 Å².